The summed E-state index contributed by atoms with van der Waals surface area (Å²) >= 11 is 0. The van der Waals surface area contributed by atoms with Gasteiger partial charge in [0.2, 0.25) is 0 Å². The fourth-order valence-electron chi connectivity index (χ4n) is 0.909. The molecule has 0 aliphatic rings. The van der Waals surface area contributed by atoms with E-state index in [1.54, 1.807) is 6.92 Å². The van der Waals surface area contributed by atoms with Crippen molar-refractivity contribution in [2.24, 2.45) is 0 Å². The number of alkyl carbamates (subject to hydrolysis) is 1. The maximum Gasteiger partial charge on any atom is 0.407 e. The van der Waals surface area contributed by atoms with Crippen LogP contribution in [0.25, 0.3) is 0 Å². The first kappa shape index (κ1) is 14.2. The van der Waals surface area contributed by atoms with E-state index in [0.717, 1.165) is 0 Å². The molecule has 0 saturated carbocycles. The van der Waals surface area contributed by atoms with Gasteiger partial charge in [-0.15, -0.1) is 0 Å². The van der Waals surface area contributed by atoms with Gasteiger partial charge >= 0.3 is 6.09 Å². The second-order valence-electron chi connectivity index (χ2n) is 3.33. The highest BCUT2D eigenvalue weighted by Gasteiger charge is 2.04. The Labute approximate surface area is 91.1 Å². The van der Waals surface area contributed by atoms with E-state index < -0.39 is 6.09 Å². The SMILES string of the molecule is CCOC(C)OCCOC(=O)NC(C)C. The lowest BCUT2D eigenvalue weighted by Crippen LogP contribution is -2.31. The summed E-state index contributed by atoms with van der Waals surface area (Å²) in [7, 11) is 0. The Hall–Kier alpha value is -0.810. The Balaban J connectivity index is 3.34. The Morgan fingerprint density at radius 2 is 1.87 bits per heavy atom. The van der Waals surface area contributed by atoms with E-state index in [0.29, 0.717) is 13.2 Å². The predicted octanol–water partition coefficient (Wildman–Crippen LogP) is 1.52. The zero-order chi connectivity index (χ0) is 11.7. The van der Waals surface area contributed by atoms with Gasteiger partial charge in [0.15, 0.2) is 6.29 Å². The highest BCUT2D eigenvalue weighted by Crippen LogP contribution is 1.92. The molecular weight excluding hydrogens is 198 g/mol. The molecule has 1 atom stereocenters. The maximum atomic E-state index is 11.0. The third kappa shape index (κ3) is 9.49. The first-order valence-electron chi connectivity index (χ1n) is 5.22. The van der Waals surface area contributed by atoms with Gasteiger partial charge in [0.05, 0.1) is 6.61 Å². The van der Waals surface area contributed by atoms with E-state index in [1.807, 2.05) is 20.8 Å². The number of carbonyl (C=O) groups is 1. The molecule has 0 aliphatic heterocycles. The van der Waals surface area contributed by atoms with Gasteiger partial charge in [0.25, 0.3) is 0 Å². The van der Waals surface area contributed by atoms with E-state index in [4.69, 9.17) is 14.2 Å². The van der Waals surface area contributed by atoms with Crippen LogP contribution in [-0.4, -0.2) is 38.2 Å². The fourth-order valence-corrected chi connectivity index (χ4v) is 0.909. The quantitative estimate of drug-likeness (QED) is 0.521. The van der Waals surface area contributed by atoms with Crippen molar-refractivity contribution in [2.45, 2.75) is 40.0 Å². The van der Waals surface area contributed by atoms with E-state index in [9.17, 15) is 4.79 Å². The van der Waals surface area contributed by atoms with Gasteiger partial charge in [0.1, 0.15) is 6.61 Å². The maximum absolute atomic E-state index is 11.0. The van der Waals surface area contributed by atoms with E-state index >= 15 is 0 Å². The monoisotopic (exact) mass is 219 g/mol. The van der Waals surface area contributed by atoms with Crippen molar-refractivity contribution in [3.05, 3.63) is 0 Å². The summed E-state index contributed by atoms with van der Waals surface area (Å²) in [4.78, 5) is 11.0. The Bertz CT molecular complexity index is 173. The average molecular weight is 219 g/mol. The van der Waals surface area contributed by atoms with Crippen LogP contribution in [0.15, 0.2) is 0 Å². The number of carbonyl (C=O) groups excluding carboxylic acids is 1. The molecule has 15 heavy (non-hydrogen) atoms. The molecule has 0 aliphatic carbocycles. The number of ether oxygens (including phenoxy) is 3. The second kappa shape index (κ2) is 8.49. The molecule has 0 bridgehead atoms. The molecule has 0 fully saturated rings. The molecule has 0 aromatic carbocycles. The molecule has 0 aromatic rings. The van der Waals surface area contributed by atoms with Crippen LogP contribution in [0.1, 0.15) is 27.7 Å². The molecule has 90 valence electrons. The van der Waals surface area contributed by atoms with Crippen LogP contribution in [0.4, 0.5) is 4.79 Å². The first-order valence-corrected chi connectivity index (χ1v) is 5.22. The molecule has 0 radical (unpaired) electrons. The molecule has 5 nitrogen and oxygen atoms in total. The van der Waals surface area contributed by atoms with Gasteiger partial charge in [-0.05, 0) is 27.7 Å². The summed E-state index contributed by atoms with van der Waals surface area (Å²) < 4.78 is 15.2. The number of hydrogen-bond donors (Lipinski definition) is 1. The Kier molecular flexibility index (Phi) is 8.04. The fraction of sp³-hybridized carbons (Fsp3) is 0.900. The normalized spacial score (nSPS) is 12.6. The van der Waals surface area contributed by atoms with Crippen molar-refractivity contribution in [2.75, 3.05) is 19.8 Å². The lowest BCUT2D eigenvalue weighted by molar-refractivity contribution is -0.132. The molecule has 1 unspecified atom stereocenters. The lowest BCUT2D eigenvalue weighted by atomic mass is 10.4. The van der Waals surface area contributed by atoms with Gasteiger partial charge in [-0.3, -0.25) is 0 Å². The van der Waals surface area contributed by atoms with Crippen molar-refractivity contribution in [3.8, 4) is 0 Å². The van der Waals surface area contributed by atoms with Gasteiger partial charge in [-0.1, -0.05) is 0 Å². The van der Waals surface area contributed by atoms with Crippen LogP contribution in [-0.2, 0) is 14.2 Å². The average Bonchev–Trinajstić information content (AvgIpc) is 2.12. The first-order chi connectivity index (χ1) is 7.06. The van der Waals surface area contributed by atoms with Crippen LogP contribution in [0.2, 0.25) is 0 Å². The molecule has 1 N–H and O–H groups in total. The van der Waals surface area contributed by atoms with Crippen LogP contribution < -0.4 is 5.32 Å². The van der Waals surface area contributed by atoms with Crippen LogP contribution in [0.3, 0.4) is 0 Å². The largest absolute Gasteiger partial charge is 0.447 e. The minimum Gasteiger partial charge on any atom is -0.447 e. The van der Waals surface area contributed by atoms with Gasteiger partial charge < -0.3 is 19.5 Å². The number of rotatable bonds is 7. The third-order valence-corrected chi connectivity index (χ3v) is 1.48. The standard InChI is InChI=1S/C10H21NO4/c1-5-13-9(4)14-6-7-15-10(12)11-8(2)3/h8-9H,5-7H2,1-4H3,(H,11,12). The molecule has 0 aromatic heterocycles. The van der Waals surface area contributed by atoms with Gasteiger partial charge in [-0.2, -0.15) is 0 Å². The zero-order valence-electron chi connectivity index (χ0n) is 9.91. The molecule has 1 amide bonds. The molecular formula is C10H21NO4. The molecule has 0 saturated heterocycles. The predicted molar refractivity (Wildman–Crippen MR) is 56.7 cm³/mol. The summed E-state index contributed by atoms with van der Waals surface area (Å²) in [6.45, 7) is 8.62. The third-order valence-electron chi connectivity index (χ3n) is 1.48. The minimum atomic E-state index is -0.419. The topological polar surface area (TPSA) is 56.8 Å². The summed E-state index contributed by atoms with van der Waals surface area (Å²) in [5.41, 5.74) is 0. The van der Waals surface area contributed by atoms with Crippen molar-refractivity contribution in [1.82, 2.24) is 5.32 Å². The molecule has 0 rings (SSSR count). The van der Waals surface area contributed by atoms with Gasteiger partial charge in [0, 0.05) is 12.6 Å². The number of hydrogen-bond acceptors (Lipinski definition) is 4. The molecule has 0 heterocycles. The van der Waals surface area contributed by atoms with Crippen LogP contribution in [0, 0.1) is 0 Å². The summed E-state index contributed by atoms with van der Waals surface area (Å²) in [6.07, 6.45) is -0.676. The summed E-state index contributed by atoms with van der Waals surface area (Å²) in [5.74, 6) is 0. The van der Waals surface area contributed by atoms with Crippen molar-refractivity contribution >= 4 is 6.09 Å². The van der Waals surface area contributed by atoms with Crippen LogP contribution >= 0.6 is 0 Å². The van der Waals surface area contributed by atoms with E-state index in [2.05, 4.69) is 5.32 Å². The lowest BCUT2D eigenvalue weighted by Gasteiger charge is -2.13. The summed E-state index contributed by atoms with van der Waals surface area (Å²) in [5, 5.41) is 2.61. The Morgan fingerprint density at radius 1 is 1.20 bits per heavy atom. The molecule has 0 spiro atoms. The summed E-state index contributed by atoms with van der Waals surface area (Å²) in [6, 6.07) is 0.0840. The smallest absolute Gasteiger partial charge is 0.407 e. The minimum absolute atomic E-state index is 0.0840. The highest BCUT2D eigenvalue weighted by molar-refractivity contribution is 5.67. The van der Waals surface area contributed by atoms with E-state index in [1.165, 1.54) is 0 Å². The highest BCUT2D eigenvalue weighted by atomic mass is 16.7. The van der Waals surface area contributed by atoms with Crippen molar-refractivity contribution < 1.29 is 19.0 Å². The number of amides is 1. The second-order valence-corrected chi connectivity index (χ2v) is 3.33. The van der Waals surface area contributed by atoms with Crippen LogP contribution in [0.5, 0.6) is 0 Å². The van der Waals surface area contributed by atoms with Crippen molar-refractivity contribution in [3.63, 3.8) is 0 Å². The zero-order valence-corrected chi connectivity index (χ0v) is 9.91. The van der Waals surface area contributed by atoms with Crippen molar-refractivity contribution in [1.29, 1.82) is 0 Å². The Morgan fingerprint density at radius 3 is 2.40 bits per heavy atom. The molecule has 5 heteroatoms. The van der Waals surface area contributed by atoms with E-state index in [-0.39, 0.29) is 18.9 Å². The van der Waals surface area contributed by atoms with Gasteiger partial charge in [-0.25, -0.2) is 4.79 Å². The number of nitrogens with one attached hydrogen (secondary N) is 1.